The van der Waals surface area contributed by atoms with Crippen molar-refractivity contribution in [3.05, 3.63) is 0 Å². The third kappa shape index (κ3) is 3.21. The van der Waals surface area contributed by atoms with Gasteiger partial charge in [0.15, 0.2) is 0 Å². The summed E-state index contributed by atoms with van der Waals surface area (Å²) in [5.41, 5.74) is 0. The molecule has 2 aliphatic rings. The zero-order valence-corrected chi connectivity index (χ0v) is 11.4. The van der Waals surface area contributed by atoms with E-state index in [0.717, 1.165) is 12.3 Å². The molecule has 1 saturated heterocycles. The molecule has 1 aliphatic heterocycles. The molecular formula is C14H28N2O. The molecule has 0 radical (unpaired) electrons. The summed E-state index contributed by atoms with van der Waals surface area (Å²) in [6.45, 7) is 4.64. The van der Waals surface area contributed by atoms with Crippen LogP contribution in [0.4, 0.5) is 0 Å². The fourth-order valence-corrected chi connectivity index (χ4v) is 3.50. The highest BCUT2D eigenvalue weighted by molar-refractivity contribution is 4.88. The number of nitrogens with one attached hydrogen (secondary N) is 1. The first-order chi connectivity index (χ1) is 8.22. The molecule has 1 heterocycles. The van der Waals surface area contributed by atoms with Crippen LogP contribution in [0.1, 0.15) is 45.4 Å². The van der Waals surface area contributed by atoms with E-state index in [1.54, 1.807) is 0 Å². The van der Waals surface area contributed by atoms with Gasteiger partial charge in [-0.05, 0) is 52.1 Å². The number of aliphatic hydroxyl groups excluding tert-OH is 1. The van der Waals surface area contributed by atoms with Gasteiger partial charge in [0.1, 0.15) is 0 Å². The standard InChI is InChI=1S/C14H28N2O/c1-11(15-2)12-6-5-9-16(10-12)13-7-3-4-8-14(13)17/h11-15,17H,3-10H2,1-2H3. The molecule has 2 fully saturated rings. The molecule has 2 rings (SSSR count). The van der Waals surface area contributed by atoms with Crippen molar-refractivity contribution < 1.29 is 5.11 Å². The van der Waals surface area contributed by atoms with E-state index in [0.29, 0.717) is 12.1 Å². The second-order valence-corrected chi connectivity index (χ2v) is 5.89. The van der Waals surface area contributed by atoms with Crippen LogP contribution in [0.3, 0.4) is 0 Å². The summed E-state index contributed by atoms with van der Waals surface area (Å²) in [6.07, 6.45) is 7.26. The minimum atomic E-state index is -0.0765. The molecule has 0 bridgehead atoms. The third-order valence-electron chi connectivity index (χ3n) is 4.81. The van der Waals surface area contributed by atoms with Gasteiger partial charge in [0.25, 0.3) is 0 Å². The Hall–Kier alpha value is -0.120. The number of aliphatic hydroxyl groups is 1. The van der Waals surface area contributed by atoms with E-state index in [-0.39, 0.29) is 6.10 Å². The number of nitrogens with zero attached hydrogens (tertiary/aromatic N) is 1. The largest absolute Gasteiger partial charge is 0.391 e. The first-order valence-electron chi connectivity index (χ1n) is 7.31. The second-order valence-electron chi connectivity index (χ2n) is 5.89. The Morgan fingerprint density at radius 3 is 2.65 bits per heavy atom. The molecule has 3 nitrogen and oxygen atoms in total. The molecule has 100 valence electrons. The first-order valence-corrected chi connectivity index (χ1v) is 7.31. The van der Waals surface area contributed by atoms with Crippen LogP contribution in [0, 0.1) is 5.92 Å². The lowest BCUT2D eigenvalue weighted by Gasteiger charge is -2.43. The fourth-order valence-electron chi connectivity index (χ4n) is 3.50. The molecule has 0 aromatic carbocycles. The average Bonchev–Trinajstić information content (AvgIpc) is 2.38. The second kappa shape index (κ2) is 6.17. The van der Waals surface area contributed by atoms with Gasteiger partial charge in [0, 0.05) is 18.6 Å². The molecule has 0 aromatic heterocycles. The van der Waals surface area contributed by atoms with Crippen LogP contribution in [0.2, 0.25) is 0 Å². The minimum Gasteiger partial charge on any atom is -0.391 e. The zero-order chi connectivity index (χ0) is 12.3. The molecule has 4 atom stereocenters. The van der Waals surface area contributed by atoms with Crippen molar-refractivity contribution in [1.29, 1.82) is 0 Å². The highest BCUT2D eigenvalue weighted by atomic mass is 16.3. The molecule has 4 unspecified atom stereocenters. The molecular weight excluding hydrogens is 212 g/mol. The fraction of sp³-hybridized carbons (Fsp3) is 1.00. The van der Waals surface area contributed by atoms with Gasteiger partial charge in [0.2, 0.25) is 0 Å². The summed E-state index contributed by atoms with van der Waals surface area (Å²) in [7, 11) is 2.05. The van der Waals surface area contributed by atoms with Gasteiger partial charge in [-0.3, -0.25) is 4.90 Å². The summed E-state index contributed by atoms with van der Waals surface area (Å²) in [4.78, 5) is 2.56. The van der Waals surface area contributed by atoms with E-state index in [2.05, 4.69) is 24.2 Å². The Kier molecular flexibility index (Phi) is 4.83. The van der Waals surface area contributed by atoms with Gasteiger partial charge in [-0.2, -0.15) is 0 Å². The lowest BCUT2D eigenvalue weighted by Crippen LogP contribution is -2.52. The van der Waals surface area contributed by atoms with Gasteiger partial charge < -0.3 is 10.4 Å². The summed E-state index contributed by atoms with van der Waals surface area (Å²) >= 11 is 0. The van der Waals surface area contributed by atoms with Crippen LogP contribution >= 0.6 is 0 Å². The maximum atomic E-state index is 10.1. The summed E-state index contributed by atoms with van der Waals surface area (Å²) in [5, 5.41) is 13.5. The molecule has 0 spiro atoms. The summed E-state index contributed by atoms with van der Waals surface area (Å²) in [5.74, 6) is 0.753. The Morgan fingerprint density at radius 1 is 1.18 bits per heavy atom. The Labute approximate surface area is 106 Å². The van der Waals surface area contributed by atoms with Crippen LogP contribution in [-0.4, -0.2) is 48.3 Å². The number of hydrogen-bond donors (Lipinski definition) is 2. The van der Waals surface area contributed by atoms with Gasteiger partial charge in [-0.15, -0.1) is 0 Å². The zero-order valence-electron chi connectivity index (χ0n) is 11.4. The van der Waals surface area contributed by atoms with Crippen molar-refractivity contribution >= 4 is 0 Å². The number of piperidine rings is 1. The third-order valence-corrected chi connectivity index (χ3v) is 4.81. The maximum absolute atomic E-state index is 10.1. The van der Waals surface area contributed by atoms with Crippen LogP contribution in [0.15, 0.2) is 0 Å². The van der Waals surface area contributed by atoms with E-state index >= 15 is 0 Å². The molecule has 17 heavy (non-hydrogen) atoms. The van der Waals surface area contributed by atoms with Crippen molar-refractivity contribution in [2.24, 2.45) is 5.92 Å². The smallest absolute Gasteiger partial charge is 0.0695 e. The molecule has 1 aliphatic carbocycles. The first kappa shape index (κ1) is 13.3. The lowest BCUT2D eigenvalue weighted by molar-refractivity contribution is -0.00310. The summed E-state index contributed by atoms with van der Waals surface area (Å²) in [6, 6.07) is 1.04. The molecule has 0 aromatic rings. The van der Waals surface area contributed by atoms with E-state index in [1.807, 2.05) is 0 Å². The number of rotatable bonds is 3. The van der Waals surface area contributed by atoms with Crippen LogP contribution in [-0.2, 0) is 0 Å². The summed E-state index contributed by atoms with van der Waals surface area (Å²) < 4.78 is 0. The topological polar surface area (TPSA) is 35.5 Å². The van der Waals surface area contributed by atoms with Crippen molar-refractivity contribution in [3.8, 4) is 0 Å². The predicted octanol–water partition coefficient (Wildman–Crippen LogP) is 1.61. The predicted molar refractivity (Wildman–Crippen MR) is 71.1 cm³/mol. The number of hydrogen-bond acceptors (Lipinski definition) is 3. The van der Waals surface area contributed by atoms with Gasteiger partial charge in [-0.25, -0.2) is 0 Å². The average molecular weight is 240 g/mol. The highest BCUT2D eigenvalue weighted by Gasteiger charge is 2.33. The van der Waals surface area contributed by atoms with E-state index < -0.39 is 0 Å². The lowest BCUT2D eigenvalue weighted by atomic mass is 9.86. The highest BCUT2D eigenvalue weighted by Crippen LogP contribution is 2.28. The quantitative estimate of drug-likeness (QED) is 0.787. The van der Waals surface area contributed by atoms with Crippen LogP contribution in [0.5, 0.6) is 0 Å². The van der Waals surface area contributed by atoms with Gasteiger partial charge in [-0.1, -0.05) is 12.8 Å². The molecule has 3 heteroatoms. The van der Waals surface area contributed by atoms with Crippen LogP contribution < -0.4 is 5.32 Å². The Balaban J connectivity index is 1.91. The van der Waals surface area contributed by atoms with Crippen molar-refractivity contribution in [2.75, 3.05) is 20.1 Å². The Bertz CT molecular complexity index is 234. The van der Waals surface area contributed by atoms with Crippen molar-refractivity contribution in [2.45, 2.75) is 63.6 Å². The van der Waals surface area contributed by atoms with E-state index in [4.69, 9.17) is 0 Å². The molecule has 2 N–H and O–H groups in total. The van der Waals surface area contributed by atoms with E-state index in [9.17, 15) is 5.11 Å². The SMILES string of the molecule is CNC(C)C1CCCN(C2CCCCC2O)C1. The normalized spacial score (nSPS) is 37.9. The number of likely N-dealkylation sites (tertiary alicyclic amines) is 1. The minimum absolute atomic E-state index is 0.0765. The van der Waals surface area contributed by atoms with Crippen molar-refractivity contribution in [3.63, 3.8) is 0 Å². The monoisotopic (exact) mass is 240 g/mol. The molecule has 0 amide bonds. The van der Waals surface area contributed by atoms with Crippen molar-refractivity contribution in [1.82, 2.24) is 10.2 Å². The van der Waals surface area contributed by atoms with Gasteiger partial charge >= 0.3 is 0 Å². The van der Waals surface area contributed by atoms with Crippen LogP contribution in [0.25, 0.3) is 0 Å². The van der Waals surface area contributed by atoms with Gasteiger partial charge in [0.05, 0.1) is 6.10 Å². The Morgan fingerprint density at radius 2 is 1.94 bits per heavy atom. The maximum Gasteiger partial charge on any atom is 0.0695 e. The molecule has 1 saturated carbocycles. The van der Waals surface area contributed by atoms with E-state index in [1.165, 1.54) is 45.2 Å².